The first-order valence-electron chi connectivity index (χ1n) is 13.1. The summed E-state index contributed by atoms with van der Waals surface area (Å²) in [6.07, 6.45) is -6.43. The third-order valence-electron chi connectivity index (χ3n) is 5.98. The molecule has 2 fully saturated rings. The van der Waals surface area contributed by atoms with Crippen LogP contribution >= 0.6 is 17.1 Å². The van der Waals surface area contributed by atoms with E-state index in [0.717, 1.165) is 34.8 Å². The van der Waals surface area contributed by atoms with Crippen molar-refractivity contribution in [3.8, 4) is 0 Å². The number of amides is 1. The van der Waals surface area contributed by atoms with E-state index in [-0.39, 0.29) is 18.6 Å². The van der Waals surface area contributed by atoms with Crippen LogP contribution in [-0.4, -0.2) is 98.1 Å². The molecule has 2 saturated heterocycles. The number of hydrogen-bond donors (Lipinski definition) is 1. The van der Waals surface area contributed by atoms with Gasteiger partial charge in [0, 0.05) is 46.5 Å². The van der Waals surface area contributed by atoms with Gasteiger partial charge in [0.25, 0.3) is 5.69 Å². The van der Waals surface area contributed by atoms with Gasteiger partial charge in [0.2, 0.25) is 10.8 Å². The van der Waals surface area contributed by atoms with Crippen molar-refractivity contribution in [2.75, 3.05) is 26.9 Å². The quantitative estimate of drug-likeness (QED) is 0.189. The Morgan fingerprint density at radius 1 is 0.953 bits per heavy atom. The number of nitrogens with one attached hydrogen (secondary N) is 1. The summed E-state index contributed by atoms with van der Waals surface area (Å²) in [5, 5.41) is 2.61. The van der Waals surface area contributed by atoms with Crippen molar-refractivity contribution in [2.24, 2.45) is 5.41 Å². The van der Waals surface area contributed by atoms with Gasteiger partial charge in [-0.2, -0.15) is 0 Å². The van der Waals surface area contributed by atoms with Gasteiger partial charge in [0.1, 0.15) is 18.8 Å². The largest absolute Gasteiger partial charge is 0.466 e. The van der Waals surface area contributed by atoms with Crippen molar-refractivity contribution >= 4 is 64.6 Å². The summed E-state index contributed by atoms with van der Waals surface area (Å²) in [6.45, 7) is 9.13. The lowest BCUT2D eigenvalue weighted by atomic mass is 9.89. The Morgan fingerprint density at radius 3 is 2.00 bits per heavy atom. The number of ether oxygens (including phenoxy) is 6. The molecule has 18 heteroatoms. The molecule has 0 bridgehead atoms. The monoisotopic (exact) mass is 671 g/mol. The molecule has 2 aliphatic rings. The summed E-state index contributed by atoms with van der Waals surface area (Å²) in [5.41, 5.74) is -3.70. The van der Waals surface area contributed by atoms with Gasteiger partial charge in [0.15, 0.2) is 12.2 Å². The van der Waals surface area contributed by atoms with Crippen LogP contribution in [0.5, 0.6) is 0 Å². The fourth-order valence-electron chi connectivity index (χ4n) is 4.31. The standard InChI is InChI=1S/C25H38NO14PS2/c1-13(27)26-20-18(37-15(3)29)9-25(23(32)33-8,43-41(42)35-11-24(6,7)12-36-41)40-22(20)21(39-17(5)31)19(38-16(4)30)10-34-14(2)28/h18-22H,9-12H2,1-8H3,(H,26,27)/t18-,19+,20+,21+,22+,25+/m0/s1. The second-order valence-electron chi connectivity index (χ2n) is 10.7. The number of rotatable bonds is 11. The third-order valence-corrected chi connectivity index (χ3v) is 11.3. The molecule has 15 nitrogen and oxygen atoms in total. The maximum atomic E-state index is 13.5. The molecule has 0 radical (unpaired) electrons. The van der Waals surface area contributed by atoms with E-state index >= 15 is 0 Å². The predicted molar refractivity (Wildman–Crippen MR) is 153 cm³/mol. The molecule has 0 unspecified atom stereocenters. The van der Waals surface area contributed by atoms with Gasteiger partial charge in [0.05, 0.1) is 26.4 Å². The second-order valence-corrected chi connectivity index (χ2v) is 17.1. The summed E-state index contributed by atoms with van der Waals surface area (Å²) in [5.74, 6) is -4.82. The average Bonchev–Trinajstić information content (AvgIpc) is 2.87. The van der Waals surface area contributed by atoms with Gasteiger partial charge >= 0.3 is 29.8 Å². The molecule has 0 aromatic heterocycles. The number of esters is 5. The molecule has 0 aliphatic carbocycles. The average molecular weight is 672 g/mol. The Kier molecular flexibility index (Phi) is 13.0. The van der Waals surface area contributed by atoms with E-state index in [2.05, 4.69) is 5.32 Å². The normalized spacial score (nSPS) is 27.4. The molecule has 0 aromatic carbocycles. The Hall–Kier alpha value is -2.30. The minimum Gasteiger partial charge on any atom is -0.466 e. The number of hydrogen-bond acceptors (Lipinski definition) is 16. The van der Waals surface area contributed by atoms with Crippen molar-refractivity contribution in [2.45, 2.75) is 90.3 Å². The van der Waals surface area contributed by atoms with E-state index in [4.69, 9.17) is 49.3 Å². The first-order chi connectivity index (χ1) is 19.8. The van der Waals surface area contributed by atoms with Crippen LogP contribution in [0.3, 0.4) is 0 Å². The van der Waals surface area contributed by atoms with Gasteiger partial charge in [-0.15, -0.1) is 0 Å². The van der Waals surface area contributed by atoms with Crippen LogP contribution in [0, 0.1) is 5.41 Å². The van der Waals surface area contributed by atoms with Gasteiger partial charge in [-0.05, 0) is 23.2 Å². The SMILES string of the molecule is COC(=O)[C@]1(SP2(=S)OCC(C)(C)CO2)C[C@H](OC(C)=O)[C@@H](NC(C)=O)[C@H]([C@H](OC(C)=O)[C@@H](COC(C)=O)OC(C)=O)O1. The maximum Gasteiger partial charge on any atom is 0.349 e. The highest BCUT2D eigenvalue weighted by Gasteiger charge is 2.61. The molecule has 1 amide bonds. The molecule has 0 saturated carbocycles. The van der Waals surface area contributed by atoms with Crippen LogP contribution in [0.2, 0.25) is 0 Å². The molecular formula is C25H38NO14PS2. The molecule has 2 rings (SSSR count). The van der Waals surface area contributed by atoms with Gasteiger partial charge in [-0.1, -0.05) is 13.8 Å². The summed E-state index contributed by atoms with van der Waals surface area (Å²) in [7, 11) is 1.09. The molecule has 0 spiro atoms. The minimum atomic E-state index is -3.32. The molecule has 43 heavy (non-hydrogen) atoms. The molecule has 0 aromatic rings. The molecule has 6 atom stereocenters. The Balaban J connectivity index is 2.76. The number of methoxy groups -OCH3 is 1. The second kappa shape index (κ2) is 15.1. The highest BCUT2D eigenvalue weighted by atomic mass is 32.9. The molecule has 2 heterocycles. The van der Waals surface area contributed by atoms with Crippen LogP contribution in [0.25, 0.3) is 0 Å². The van der Waals surface area contributed by atoms with E-state index in [1.54, 1.807) is 0 Å². The first kappa shape index (κ1) is 36.9. The Labute approximate surface area is 258 Å². The van der Waals surface area contributed by atoms with Crippen LogP contribution < -0.4 is 5.32 Å². The zero-order valence-electron chi connectivity index (χ0n) is 25.2. The zero-order chi connectivity index (χ0) is 32.8. The summed E-state index contributed by atoms with van der Waals surface area (Å²) >= 11 is 6.41. The first-order valence-corrected chi connectivity index (χ1v) is 17.2. The molecule has 2 aliphatic heterocycles. The molecular weight excluding hydrogens is 633 g/mol. The van der Waals surface area contributed by atoms with Crippen molar-refractivity contribution in [1.29, 1.82) is 0 Å². The lowest BCUT2D eigenvalue weighted by Gasteiger charge is -2.49. The zero-order valence-corrected chi connectivity index (χ0v) is 27.7. The summed E-state index contributed by atoms with van der Waals surface area (Å²) in [6, 6.07) is -1.29. The fourth-order valence-corrected chi connectivity index (χ4v) is 10.1. The Morgan fingerprint density at radius 2 is 1.53 bits per heavy atom. The van der Waals surface area contributed by atoms with E-state index < -0.39 is 89.9 Å². The molecule has 1 N–H and O–H groups in total. The highest BCUT2D eigenvalue weighted by Crippen LogP contribution is 2.70. The van der Waals surface area contributed by atoms with Crippen LogP contribution in [0.4, 0.5) is 0 Å². The molecule has 244 valence electrons. The lowest BCUT2D eigenvalue weighted by Crippen LogP contribution is -2.68. The van der Waals surface area contributed by atoms with Crippen molar-refractivity contribution in [3.63, 3.8) is 0 Å². The number of carbonyl (C=O) groups is 6. The predicted octanol–water partition coefficient (Wildman–Crippen LogP) is 1.54. The smallest absolute Gasteiger partial charge is 0.349 e. The van der Waals surface area contributed by atoms with E-state index in [1.165, 1.54) is 6.92 Å². The van der Waals surface area contributed by atoms with Crippen LogP contribution in [-0.2, 0) is 78.0 Å². The third kappa shape index (κ3) is 10.7. The highest BCUT2D eigenvalue weighted by molar-refractivity contribution is 8.68. The Bertz CT molecular complexity index is 1140. The minimum absolute atomic E-state index is 0.201. The topological polar surface area (TPSA) is 188 Å². The van der Waals surface area contributed by atoms with E-state index in [9.17, 15) is 28.8 Å². The van der Waals surface area contributed by atoms with Gasteiger partial charge in [-0.25, -0.2) is 4.79 Å². The van der Waals surface area contributed by atoms with Crippen molar-refractivity contribution < 1.29 is 66.2 Å². The van der Waals surface area contributed by atoms with Gasteiger partial charge in [-0.3, -0.25) is 24.0 Å². The van der Waals surface area contributed by atoms with Crippen LogP contribution in [0.15, 0.2) is 0 Å². The van der Waals surface area contributed by atoms with Gasteiger partial charge < -0.3 is 42.8 Å². The number of carbonyl (C=O) groups excluding carboxylic acids is 6. The van der Waals surface area contributed by atoms with Crippen LogP contribution in [0.1, 0.15) is 54.9 Å². The maximum absolute atomic E-state index is 13.5. The van der Waals surface area contributed by atoms with Crippen molar-refractivity contribution in [1.82, 2.24) is 5.32 Å². The van der Waals surface area contributed by atoms with E-state index in [0.29, 0.717) is 11.4 Å². The van der Waals surface area contributed by atoms with E-state index in [1.807, 2.05) is 13.8 Å². The van der Waals surface area contributed by atoms with Crippen molar-refractivity contribution in [3.05, 3.63) is 0 Å². The summed E-state index contributed by atoms with van der Waals surface area (Å²) in [4.78, 5) is 72.1. The lowest BCUT2D eigenvalue weighted by molar-refractivity contribution is -0.223. The fraction of sp³-hybridized carbons (Fsp3) is 0.760. The summed E-state index contributed by atoms with van der Waals surface area (Å²) < 4.78 is 44.8.